The molecule has 0 saturated heterocycles. The molecule has 2 heterocycles. The van der Waals surface area contributed by atoms with Gasteiger partial charge in [-0.15, -0.1) is 11.3 Å². The van der Waals surface area contributed by atoms with Gasteiger partial charge in [-0.1, -0.05) is 24.6 Å². The molecule has 0 aliphatic carbocycles. The Balaban J connectivity index is 1.92. The third-order valence-corrected chi connectivity index (χ3v) is 5.78. The fourth-order valence-corrected chi connectivity index (χ4v) is 4.31. The van der Waals surface area contributed by atoms with E-state index in [1.54, 1.807) is 18.3 Å². The Labute approximate surface area is 158 Å². The number of fused-ring (bicyclic) bond motifs is 3. The Morgan fingerprint density at radius 2 is 1.81 bits per heavy atom. The van der Waals surface area contributed by atoms with Crippen LogP contribution < -0.4 is 0 Å². The first kappa shape index (κ1) is 18.6. The van der Waals surface area contributed by atoms with Crippen molar-refractivity contribution in [1.29, 1.82) is 0 Å². The zero-order valence-corrected chi connectivity index (χ0v) is 16.0. The highest BCUT2D eigenvalue weighted by atomic mass is 32.1. The van der Waals surface area contributed by atoms with Crippen LogP contribution in [0.3, 0.4) is 0 Å². The number of carbonyl (C=O) groups is 2. The van der Waals surface area contributed by atoms with Crippen molar-refractivity contribution in [1.82, 2.24) is 4.90 Å². The molecule has 3 rings (SSSR count). The molecule has 26 heavy (non-hydrogen) atoms. The van der Waals surface area contributed by atoms with Crippen LogP contribution in [-0.4, -0.2) is 36.5 Å². The van der Waals surface area contributed by atoms with Crippen molar-refractivity contribution in [3.63, 3.8) is 0 Å². The van der Waals surface area contributed by atoms with E-state index < -0.39 is 0 Å². The quantitative estimate of drug-likeness (QED) is 0.639. The largest absolute Gasteiger partial charge is 0.462 e. The molecule has 0 spiro atoms. The second kappa shape index (κ2) is 8.99. The number of benzene rings is 1. The molecule has 0 atom stereocenters. The van der Waals surface area contributed by atoms with Gasteiger partial charge in [-0.2, -0.15) is 0 Å². The van der Waals surface area contributed by atoms with Gasteiger partial charge in [0.05, 0.1) is 12.2 Å². The summed E-state index contributed by atoms with van der Waals surface area (Å²) in [4.78, 5) is 27.5. The highest BCUT2D eigenvalue weighted by Gasteiger charge is 2.18. The maximum atomic E-state index is 12.5. The van der Waals surface area contributed by atoms with Crippen molar-refractivity contribution < 1.29 is 14.3 Å². The Kier molecular flexibility index (Phi) is 6.45. The minimum absolute atomic E-state index is 0.130. The van der Waals surface area contributed by atoms with Crippen LogP contribution >= 0.6 is 11.3 Å². The summed E-state index contributed by atoms with van der Waals surface area (Å²) >= 11 is 1.63. The first-order valence-corrected chi connectivity index (χ1v) is 10.1. The summed E-state index contributed by atoms with van der Waals surface area (Å²) in [6.45, 7) is 3.60. The van der Waals surface area contributed by atoms with E-state index in [4.69, 9.17) is 4.74 Å². The molecule has 1 amide bonds. The van der Waals surface area contributed by atoms with E-state index in [2.05, 4.69) is 6.07 Å². The lowest BCUT2D eigenvalue weighted by molar-refractivity contribution is -0.128. The van der Waals surface area contributed by atoms with Crippen LogP contribution in [0.15, 0.2) is 35.7 Å². The van der Waals surface area contributed by atoms with Gasteiger partial charge in [0.25, 0.3) is 0 Å². The fraction of sp³-hybridized carbons (Fsp3) is 0.429. The van der Waals surface area contributed by atoms with Crippen molar-refractivity contribution >= 4 is 23.2 Å². The molecule has 1 aliphatic heterocycles. The summed E-state index contributed by atoms with van der Waals surface area (Å²) in [6, 6.07) is 9.73. The molecule has 0 bridgehead atoms. The second-order valence-electron chi connectivity index (χ2n) is 6.63. The molecule has 0 radical (unpaired) electrons. The Hall–Kier alpha value is -2.14. The molecule has 4 nitrogen and oxygen atoms in total. The predicted molar refractivity (Wildman–Crippen MR) is 104 cm³/mol. The number of hydrogen-bond acceptors (Lipinski definition) is 4. The highest BCUT2D eigenvalue weighted by Crippen LogP contribution is 2.33. The molecule has 1 aromatic heterocycles. The van der Waals surface area contributed by atoms with E-state index in [0.29, 0.717) is 18.7 Å². The van der Waals surface area contributed by atoms with Crippen molar-refractivity contribution in [2.45, 2.75) is 39.0 Å². The zero-order valence-electron chi connectivity index (χ0n) is 15.2. The molecule has 0 N–H and O–H groups in total. The van der Waals surface area contributed by atoms with E-state index in [1.165, 1.54) is 5.56 Å². The second-order valence-corrected chi connectivity index (χ2v) is 7.54. The van der Waals surface area contributed by atoms with Gasteiger partial charge in [0.1, 0.15) is 0 Å². The number of thiophene rings is 1. The van der Waals surface area contributed by atoms with Crippen LogP contribution in [0.4, 0.5) is 0 Å². The van der Waals surface area contributed by atoms with Crippen LogP contribution in [-0.2, 0) is 16.0 Å². The average molecular weight is 372 g/mol. The van der Waals surface area contributed by atoms with Crippen molar-refractivity contribution in [3.8, 4) is 10.4 Å². The maximum Gasteiger partial charge on any atom is 0.338 e. The summed E-state index contributed by atoms with van der Waals surface area (Å²) in [5.74, 6) is -0.120. The molecular formula is C21H25NO3S. The lowest BCUT2D eigenvalue weighted by Crippen LogP contribution is -2.31. The number of cyclic esters (lactones) is 1. The number of carbonyl (C=O) groups excluding carboxylic acids is 2. The van der Waals surface area contributed by atoms with E-state index >= 15 is 0 Å². The van der Waals surface area contributed by atoms with Gasteiger partial charge in [0.2, 0.25) is 5.91 Å². The standard InChI is InChI=1S/C21H25NO3S/c1-16(23)22-12-6-2-3-7-14-25-21(24)19-9-5-4-8-18(19)20-17(10-13-22)11-15-26-20/h4-5,8-9,11,15H,2-3,6-7,10,12-14H2,1H3. The van der Waals surface area contributed by atoms with Gasteiger partial charge in [-0.3, -0.25) is 4.79 Å². The molecule has 0 fully saturated rings. The molecule has 1 aromatic carbocycles. The molecule has 1 aliphatic rings. The summed E-state index contributed by atoms with van der Waals surface area (Å²) in [5.41, 5.74) is 2.72. The number of nitrogens with zero attached hydrogens (tertiary/aromatic N) is 1. The minimum Gasteiger partial charge on any atom is -0.462 e. The number of rotatable bonds is 0. The smallest absolute Gasteiger partial charge is 0.338 e. The molecular weight excluding hydrogens is 346 g/mol. The van der Waals surface area contributed by atoms with E-state index in [0.717, 1.165) is 49.1 Å². The Morgan fingerprint density at radius 3 is 2.62 bits per heavy atom. The summed E-state index contributed by atoms with van der Waals surface area (Å²) in [6.07, 6.45) is 4.69. The Bertz CT molecular complexity index is 768. The Morgan fingerprint density at radius 1 is 1.04 bits per heavy atom. The summed E-state index contributed by atoms with van der Waals surface area (Å²) in [7, 11) is 0. The summed E-state index contributed by atoms with van der Waals surface area (Å²) < 4.78 is 5.50. The topological polar surface area (TPSA) is 46.6 Å². The minimum atomic E-state index is -0.250. The lowest BCUT2D eigenvalue weighted by atomic mass is 10.0. The fourth-order valence-electron chi connectivity index (χ4n) is 3.31. The van der Waals surface area contributed by atoms with Gasteiger partial charge in [-0.05, 0) is 48.8 Å². The van der Waals surface area contributed by atoms with Gasteiger partial charge < -0.3 is 9.64 Å². The highest BCUT2D eigenvalue weighted by molar-refractivity contribution is 7.13. The van der Waals surface area contributed by atoms with Gasteiger partial charge in [0.15, 0.2) is 0 Å². The summed E-state index contributed by atoms with van der Waals surface area (Å²) in [5, 5.41) is 2.05. The first-order chi connectivity index (χ1) is 12.7. The molecule has 0 saturated carbocycles. The number of hydrogen-bond donors (Lipinski definition) is 0. The third-order valence-electron chi connectivity index (χ3n) is 4.79. The number of ether oxygens (including phenoxy) is 1. The molecule has 0 unspecified atom stereocenters. The molecule has 2 aromatic rings. The van der Waals surface area contributed by atoms with E-state index in [1.807, 2.05) is 34.5 Å². The van der Waals surface area contributed by atoms with Gasteiger partial charge in [-0.25, -0.2) is 4.79 Å². The number of esters is 1. The lowest BCUT2D eigenvalue weighted by Gasteiger charge is -2.21. The zero-order chi connectivity index (χ0) is 18.4. The average Bonchev–Trinajstić information content (AvgIpc) is 3.10. The first-order valence-electron chi connectivity index (χ1n) is 9.25. The van der Waals surface area contributed by atoms with Crippen molar-refractivity contribution in [2.24, 2.45) is 0 Å². The van der Waals surface area contributed by atoms with Crippen LogP contribution in [0, 0.1) is 0 Å². The van der Waals surface area contributed by atoms with Crippen LogP contribution in [0.2, 0.25) is 0 Å². The number of amides is 1. The maximum absolute atomic E-state index is 12.5. The predicted octanol–water partition coefficient (Wildman–Crippen LogP) is 4.54. The monoisotopic (exact) mass is 371 g/mol. The third kappa shape index (κ3) is 4.52. The van der Waals surface area contributed by atoms with Crippen LogP contribution in [0.25, 0.3) is 10.4 Å². The van der Waals surface area contributed by atoms with Gasteiger partial charge >= 0.3 is 5.97 Å². The van der Waals surface area contributed by atoms with Crippen molar-refractivity contribution in [2.75, 3.05) is 19.7 Å². The van der Waals surface area contributed by atoms with Gasteiger partial charge in [0, 0.05) is 30.5 Å². The van der Waals surface area contributed by atoms with Crippen LogP contribution in [0.1, 0.15) is 48.5 Å². The SMILES string of the molecule is CC(=O)N1CCCCCCOC(=O)c2ccccc2-c2sccc2CC1. The molecule has 138 valence electrons. The van der Waals surface area contributed by atoms with E-state index in [-0.39, 0.29) is 11.9 Å². The molecule has 5 heteroatoms. The van der Waals surface area contributed by atoms with E-state index in [9.17, 15) is 9.59 Å². The van der Waals surface area contributed by atoms with Crippen LogP contribution in [0.5, 0.6) is 0 Å². The van der Waals surface area contributed by atoms with Crippen molar-refractivity contribution in [3.05, 3.63) is 46.8 Å². The normalized spacial score (nSPS) is 16.7.